The molecule has 0 aliphatic carbocycles. The number of aromatic nitrogens is 2. The van der Waals surface area contributed by atoms with Gasteiger partial charge in [0.15, 0.2) is 0 Å². The molecule has 0 aliphatic rings. The van der Waals surface area contributed by atoms with Crippen LogP contribution in [0.3, 0.4) is 0 Å². The Bertz CT molecular complexity index is 268. The Hall–Kier alpha value is -0.310. The van der Waals surface area contributed by atoms with Crippen molar-refractivity contribution < 1.29 is 0 Å². The lowest BCUT2D eigenvalue weighted by Gasteiger charge is -2.29. The fraction of sp³-hybridized carbons (Fsp3) is 0.727. The summed E-state index contributed by atoms with van der Waals surface area (Å²) in [5.41, 5.74) is 1.61. The van der Waals surface area contributed by atoms with Crippen LogP contribution in [-0.2, 0) is 6.54 Å². The summed E-state index contributed by atoms with van der Waals surface area (Å²) >= 11 is 3.62. The molecule has 0 saturated carbocycles. The molecule has 1 heterocycles. The standard InChI is InChI=1S/C11H19BrN2/c1-4-11(5-2,8-12)9-14-10(3)6-7-13-14/h6-7H,4-5,8-9H2,1-3H3. The van der Waals surface area contributed by atoms with E-state index >= 15 is 0 Å². The molecule has 0 aliphatic heterocycles. The molecule has 14 heavy (non-hydrogen) atoms. The maximum atomic E-state index is 4.34. The van der Waals surface area contributed by atoms with Crippen LogP contribution >= 0.6 is 15.9 Å². The third kappa shape index (κ3) is 2.38. The Morgan fingerprint density at radius 3 is 2.43 bits per heavy atom. The minimum Gasteiger partial charge on any atom is -0.269 e. The van der Waals surface area contributed by atoms with Gasteiger partial charge in [-0.05, 0) is 31.2 Å². The molecule has 0 radical (unpaired) electrons. The van der Waals surface area contributed by atoms with E-state index in [0.29, 0.717) is 5.41 Å². The van der Waals surface area contributed by atoms with Crippen molar-refractivity contribution in [1.29, 1.82) is 0 Å². The fourth-order valence-electron chi connectivity index (χ4n) is 1.59. The molecule has 0 atom stereocenters. The molecule has 0 amide bonds. The molecular formula is C11H19BrN2. The SMILES string of the molecule is CCC(CC)(CBr)Cn1nccc1C. The van der Waals surface area contributed by atoms with Crippen LogP contribution < -0.4 is 0 Å². The molecule has 0 bridgehead atoms. The number of nitrogens with zero attached hydrogens (tertiary/aromatic N) is 2. The zero-order valence-corrected chi connectivity index (χ0v) is 10.8. The summed E-state index contributed by atoms with van der Waals surface area (Å²) in [6.45, 7) is 7.63. The minimum absolute atomic E-state index is 0.358. The summed E-state index contributed by atoms with van der Waals surface area (Å²) in [5.74, 6) is 0. The highest BCUT2D eigenvalue weighted by molar-refractivity contribution is 9.09. The van der Waals surface area contributed by atoms with Gasteiger partial charge in [0, 0.05) is 23.8 Å². The van der Waals surface area contributed by atoms with Gasteiger partial charge in [0.05, 0.1) is 0 Å². The van der Waals surface area contributed by atoms with Crippen molar-refractivity contribution in [2.24, 2.45) is 5.41 Å². The maximum Gasteiger partial charge on any atom is 0.0492 e. The topological polar surface area (TPSA) is 17.8 Å². The molecule has 0 N–H and O–H groups in total. The summed E-state index contributed by atoms with van der Waals surface area (Å²) in [4.78, 5) is 0. The van der Waals surface area contributed by atoms with Gasteiger partial charge in [-0.25, -0.2) is 0 Å². The molecule has 0 unspecified atom stereocenters. The van der Waals surface area contributed by atoms with E-state index in [0.717, 1.165) is 11.9 Å². The van der Waals surface area contributed by atoms with Crippen molar-refractivity contribution in [2.45, 2.75) is 40.2 Å². The minimum atomic E-state index is 0.358. The number of alkyl halides is 1. The molecule has 2 nitrogen and oxygen atoms in total. The highest BCUT2D eigenvalue weighted by atomic mass is 79.9. The number of aryl methyl sites for hydroxylation is 1. The lowest BCUT2D eigenvalue weighted by molar-refractivity contribution is 0.245. The van der Waals surface area contributed by atoms with Gasteiger partial charge in [-0.15, -0.1) is 0 Å². The van der Waals surface area contributed by atoms with E-state index in [2.05, 4.69) is 52.5 Å². The predicted molar refractivity (Wildman–Crippen MR) is 63.8 cm³/mol. The molecule has 0 spiro atoms. The Morgan fingerprint density at radius 2 is 2.07 bits per heavy atom. The van der Waals surface area contributed by atoms with Crippen LogP contribution in [-0.4, -0.2) is 15.1 Å². The first-order chi connectivity index (χ1) is 6.67. The van der Waals surface area contributed by atoms with Crippen molar-refractivity contribution in [2.75, 3.05) is 5.33 Å². The van der Waals surface area contributed by atoms with E-state index in [9.17, 15) is 0 Å². The van der Waals surface area contributed by atoms with Gasteiger partial charge >= 0.3 is 0 Å². The van der Waals surface area contributed by atoms with Gasteiger partial charge < -0.3 is 0 Å². The average molecular weight is 259 g/mol. The van der Waals surface area contributed by atoms with Crippen LogP contribution in [0.2, 0.25) is 0 Å². The quantitative estimate of drug-likeness (QED) is 0.741. The van der Waals surface area contributed by atoms with E-state index in [4.69, 9.17) is 0 Å². The maximum absolute atomic E-state index is 4.34. The Kier molecular flexibility index (Phi) is 4.17. The van der Waals surface area contributed by atoms with Gasteiger partial charge in [-0.3, -0.25) is 4.68 Å². The van der Waals surface area contributed by atoms with Crippen molar-refractivity contribution in [1.82, 2.24) is 9.78 Å². The van der Waals surface area contributed by atoms with Gasteiger partial charge in [0.2, 0.25) is 0 Å². The van der Waals surface area contributed by atoms with E-state index in [1.165, 1.54) is 18.5 Å². The van der Waals surface area contributed by atoms with Gasteiger partial charge in [-0.1, -0.05) is 29.8 Å². The monoisotopic (exact) mass is 258 g/mol. The van der Waals surface area contributed by atoms with Crippen molar-refractivity contribution in [3.63, 3.8) is 0 Å². The van der Waals surface area contributed by atoms with Crippen molar-refractivity contribution >= 4 is 15.9 Å². The lowest BCUT2D eigenvalue weighted by Crippen LogP contribution is -2.28. The third-order valence-corrected chi connectivity index (χ3v) is 4.39. The first-order valence-corrected chi connectivity index (χ1v) is 6.34. The predicted octanol–water partition coefficient (Wildman–Crippen LogP) is 3.39. The summed E-state index contributed by atoms with van der Waals surface area (Å²) < 4.78 is 2.11. The number of halogens is 1. The summed E-state index contributed by atoms with van der Waals surface area (Å²) in [7, 11) is 0. The van der Waals surface area contributed by atoms with E-state index < -0.39 is 0 Å². The van der Waals surface area contributed by atoms with E-state index in [1.807, 2.05) is 6.20 Å². The van der Waals surface area contributed by atoms with Crippen LogP contribution in [0.1, 0.15) is 32.4 Å². The van der Waals surface area contributed by atoms with Gasteiger partial charge in [0.1, 0.15) is 0 Å². The molecule has 0 saturated heterocycles. The second kappa shape index (κ2) is 4.96. The van der Waals surface area contributed by atoms with Crippen LogP contribution in [0.15, 0.2) is 12.3 Å². The van der Waals surface area contributed by atoms with Gasteiger partial charge in [-0.2, -0.15) is 5.10 Å². The Balaban J connectivity index is 2.79. The first-order valence-electron chi connectivity index (χ1n) is 5.22. The highest BCUT2D eigenvalue weighted by Crippen LogP contribution is 2.30. The van der Waals surface area contributed by atoms with Crippen LogP contribution in [0.5, 0.6) is 0 Å². The summed E-state index contributed by atoms with van der Waals surface area (Å²) in [6.07, 6.45) is 4.25. The zero-order chi connectivity index (χ0) is 10.6. The Morgan fingerprint density at radius 1 is 1.43 bits per heavy atom. The second-order valence-electron chi connectivity index (χ2n) is 3.97. The number of hydrogen-bond acceptors (Lipinski definition) is 1. The third-order valence-electron chi connectivity index (χ3n) is 3.20. The smallest absolute Gasteiger partial charge is 0.0492 e. The largest absolute Gasteiger partial charge is 0.269 e. The molecule has 1 rings (SSSR count). The molecule has 3 heteroatoms. The first kappa shape index (κ1) is 11.8. The number of hydrogen-bond donors (Lipinski definition) is 0. The van der Waals surface area contributed by atoms with Crippen LogP contribution in [0.4, 0.5) is 0 Å². The van der Waals surface area contributed by atoms with Crippen LogP contribution in [0, 0.1) is 12.3 Å². The molecular weight excluding hydrogens is 240 g/mol. The molecule has 1 aromatic rings. The number of rotatable bonds is 5. The Labute approximate surface area is 94.8 Å². The lowest BCUT2D eigenvalue weighted by atomic mass is 9.84. The molecule has 80 valence electrons. The molecule has 0 fully saturated rings. The van der Waals surface area contributed by atoms with Crippen molar-refractivity contribution in [3.8, 4) is 0 Å². The van der Waals surface area contributed by atoms with E-state index in [-0.39, 0.29) is 0 Å². The normalized spacial score (nSPS) is 12.0. The van der Waals surface area contributed by atoms with Gasteiger partial charge in [0.25, 0.3) is 0 Å². The average Bonchev–Trinajstić information content (AvgIpc) is 2.61. The van der Waals surface area contributed by atoms with Crippen molar-refractivity contribution in [3.05, 3.63) is 18.0 Å². The summed E-state index contributed by atoms with van der Waals surface area (Å²) in [5, 5.41) is 5.39. The zero-order valence-electron chi connectivity index (χ0n) is 9.26. The van der Waals surface area contributed by atoms with E-state index in [1.54, 1.807) is 0 Å². The van der Waals surface area contributed by atoms with Crippen LogP contribution in [0.25, 0.3) is 0 Å². The molecule has 1 aromatic heterocycles. The second-order valence-corrected chi connectivity index (χ2v) is 4.53. The molecule has 0 aromatic carbocycles. The fourth-order valence-corrected chi connectivity index (χ4v) is 2.56. The summed E-state index contributed by atoms with van der Waals surface area (Å²) in [6, 6.07) is 2.06. The highest BCUT2D eigenvalue weighted by Gasteiger charge is 2.25.